The number of ether oxygens (including phenoxy) is 1. The molecule has 0 bridgehead atoms. The van der Waals surface area contributed by atoms with E-state index in [0.717, 1.165) is 17.0 Å². The van der Waals surface area contributed by atoms with Crippen molar-refractivity contribution < 1.29 is 4.74 Å². The van der Waals surface area contributed by atoms with Crippen LogP contribution in [0.1, 0.15) is 42.8 Å². The fourth-order valence-corrected chi connectivity index (χ4v) is 2.53. The summed E-state index contributed by atoms with van der Waals surface area (Å²) in [6.45, 7) is 5.93. The molecule has 1 aromatic heterocycles. The number of aromatic nitrogens is 1. The van der Waals surface area contributed by atoms with Crippen LogP contribution in [-0.2, 0) is 0 Å². The number of pyridine rings is 1. The average Bonchev–Trinajstić information content (AvgIpc) is 2.46. The standard InChI is InChI=1S/C17H22N2O2/c1-11(2)19-12(3)5-10-15(17(19)20)16(18)13-6-8-14(21-4)9-7-13/h5-11,16H,18H2,1-4H3. The van der Waals surface area contributed by atoms with Crippen LogP contribution in [0.25, 0.3) is 0 Å². The third-order valence-electron chi connectivity index (χ3n) is 3.68. The highest BCUT2D eigenvalue weighted by Crippen LogP contribution is 2.21. The van der Waals surface area contributed by atoms with E-state index in [-0.39, 0.29) is 11.6 Å². The lowest BCUT2D eigenvalue weighted by Gasteiger charge is -2.18. The van der Waals surface area contributed by atoms with Crippen molar-refractivity contribution in [1.29, 1.82) is 0 Å². The zero-order valence-electron chi connectivity index (χ0n) is 13.0. The molecule has 0 radical (unpaired) electrons. The largest absolute Gasteiger partial charge is 0.497 e. The Morgan fingerprint density at radius 1 is 1.10 bits per heavy atom. The van der Waals surface area contributed by atoms with Crippen molar-refractivity contribution in [2.45, 2.75) is 32.9 Å². The van der Waals surface area contributed by atoms with Crippen molar-refractivity contribution in [3.05, 3.63) is 63.6 Å². The van der Waals surface area contributed by atoms with Gasteiger partial charge in [-0.1, -0.05) is 12.1 Å². The first kappa shape index (κ1) is 15.3. The minimum atomic E-state index is -0.436. The van der Waals surface area contributed by atoms with Crippen LogP contribution < -0.4 is 16.0 Å². The summed E-state index contributed by atoms with van der Waals surface area (Å²) in [7, 11) is 1.62. The van der Waals surface area contributed by atoms with E-state index in [4.69, 9.17) is 10.5 Å². The van der Waals surface area contributed by atoms with Crippen LogP contribution in [0.3, 0.4) is 0 Å². The predicted molar refractivity (Wildman–Crippen MR) is 84.8 cm³/mol. The van der Waals surface area contributed by atoms with E-state index in [0.29, 0.717) is 5.56 Å². The quantitative estimate of drug-likeness (QED) is 0.940. The second-order valence-electron chi connectivity index (χ2n) is 5.45. The van der Waals surface area contributed by atoms with Crippen LogP contribution in [0.2, 0.25) is 0 Å². The molecule has 4 nitrogen and oxygen atoms in total. The van der Waals surface area contributed by atoms with Crippen molar-refractivity contribution in [1.82, 2.24) is 4.57 Å². The molecule has 1 atom stereocenters. The van der Waals surface area contributed by atoms with Crippen LogP contribution in [0.15, 0.2) is 41.2 Å². The number of nitrogens with zero attached hydrogens (tertiary/aromatic N) is 1. The fourth-order valence-electron chi connectivity index (χ4n) is 2.53. The molecule has 0 aliphatic rings. The van der Waals surface area contributed by atoms with Crippen molar-refractivity contribution in [2.24, 2.45) is 5.73 Å². The number of hydrogen-bond acceptors (Lipinski definition) is 3. The smallest absolute Gasteiger partial charge is 0.256 e. The number of methoxy groups -OCH3 is 1. The van der Waals surface area contributed by atoms with Crippen molar-refractivity contribution in [2.75, 3.05) is 7.11 Å². The lowest BCUT2D eigenvalue weighted by atomic mass is 10.00. The molecule has 2 N–H and O–H groups in total. The second kappa shape index (κ2) is 6.14. The minimum absolute atomic E-state index is 0.0201. The van der Waals surface area contributed by atoms with Gasteiger partial charge in [0.25, 0.3) is 5.56 Å². The van der Waals surface area contributed by atoms with E-state index in [9.17, 15) is 4.79 Å². The molecule has 0 aliphatic carbocycles. The first-order valence-corrected chi connectivity index (χ1v) is 7.07. The van der Waals surface area contributed by atoms with Crippen LogP contribution in [0.4, 0.5) is 0 Å². The topological polar surface area (TPSA) is 57.2 Å². The molecule has 2 rings (SSSR count). The molecule has 4 heteroatoms. The maximum atomic E-state index is 12.6. The lowest BCUT2D eigenvalue weighted by Crippen LogP contribution is -2.31. The summed E-state index contributed by atoms with van der Waals surface area (Å²) in [5, 5.41) is 0. The van der Waals surface area contributed by atoms with Crippen LogP contribution in [0.5, 0.6) is 5.75 Å². The Labute approximate surface area is 125 Å². The van der Waals surface area contributed by atoms with E-state index in [1.54, 1.807) is 11.7 Å². The van der Waals surface area contributed by atoms with Gasteiger partial charge < -0.3 is 15.0 Å². The first-order chi connectivity index (χ1) is 9.95. The SMILES string of the molecule is COc1ccc(C(N)c2ccc(C)n(C(C)C)c2=O)cc1. The Morgan fingerprint density at radius 2 is 1.71 bits per heavy atom. The van der Waals surface area contributed by atoms with E-state index in [2.05, 4.69) is 0 Å². The summed E-state index contributed by atoms with van der Waals surface area (Å²) in [6.07, 6.45) is 0. The zero-order chi connectivity index (χ0) is 15.6. The van der Waals surface area contributed by atoms with Gasteiger partial charge in [-0.15, -0.1) is 0 Å². The summed E-state index contributed by atoms with van der Waals surface area (Å²) >= 11 is 0. The fraction of sp³-hybridized carbons (Fsp3) is 0.353. The number of nitrogens with two attached hydrogens (primary N) is 1. The molecule has 2 aromatic rings. The minimum Gasteiger partial charge on any atom is -0.497 e. The Hall–Kier alpha value is -2.07. The molecule has 0 amide bonds. The van der Waals surface area contributed by atoms with Gasteiger partial charge in [-0.25, -0.2) is 0 Å². The monoisotopic (exact) mass is 286 g/mol. The number of benzene rings is 1. The van der Waals surface area contributed by atoms with Crippen LogP contribution >= 0.6 is 0 Å². The van der Waals surface area contributed by atoms with Gasteiger partial charge in [-0.2, -0.15) is 0 Å². The molecule has 1 heterocycles. The molecular weight excluding hydrogens is 264 g/mol. The molecule has 0 spiro atoms. The van der Waals surface area contributed by atoms with Gasteiger partial charge in [0.1, 0.15) is 5.75 Å². The summed E-state index contributed by atoms with van der Waals surface area (Å²) < 4.78 is 6.91. The second-order valence-corrected chi connectivity index (χ2v) is 5.45. The highest BCUT2D eigenvalue weighted by Gasteiger charge is 2.16. The highest BCUT2D eigenvalue weighted by molar-refractivity contribution is 5.34. The Balaban J connectivity index is 2.45. The van der Waals surface area contributed by atoms with E-state index < -0.39 is 6.04 Å². The first-order valence-electron chi connectivity index (χ1n) is 7.07. The lowest BCUT2D eigenvalue weighted by molar-refractivity contribution is 0.414. The van der Waals surface area contributed by atoms with E-state index >= 15 is 0 Å². The Kier molecular flexibility index (Phi) is 4.48. The maximum absolute atomic E-state index is 12.6. The normalized spacial score (nSPS) is 12.5. The molecule has 0 saturated heterocycles. The molecule has 0 aliphatic heterocycles. The number of hydrogen-bond donors (Lipinski definition) is 1. The summed E-state index contributed by atoms with van der Waals surface area (Å²) in [5.74, 6) is 0.773. The zero-order valence-corrected chi connectivity index (χ0v) is 13.0. The van der Waals surface area contributed by atoms with E-state index in [1.165, 1.54) is 0 Å². The van der Waals surface area contributed by atoms with Gasteiger partial charge in [-0.3, -0.25) is 4.79 Å². The van der Waals surface area contributed by atoms with Gasteiger partial charge in [0, 0.05) is 17.3 Å². The predicted octanol–water partition coefficient (Wildman–Crippen LogP) is 2.79. The third-order valence-corrected chi connectivity index (χ3v) is 3.68. The number of aryl methyl sites for hydroxylation is 1. The highest BCUT2D eigenvalue weighted by atomic mass is 16.5. The van der Waals surface area contributed by atoms with Crippen LogP contribution in [-0.4, -0.2) is 11.7 Å². The molecule has 112 valence electrons. The average molecular weight is 286 g/mol. The summed E-state index contributed by atoms with van der Waals surface area (Å²) in [5.41, 5.74) is 8.70. The van der Waals surface area contributed by atoms with Gasteiger partial charge in [-0.05, 0) is 50.6 Å². The molecule has 1 unspecified atom stereocenters. The van der Waals surface area contributed by atoms with Crippen molar-refractivity contribution >= 4 is 0 Å². The van der Waals surface area contributed by atoms with Crippen molar-refractivity contribution in [3.63, 3.8) is 0 Å². The molecule has 1 aromatic carbocycles. The Morgan fingerprint density at radius 3 is 2.24 bits per heavy atom. The molecule has 21 heavy (non-hydrogen) atoms. The Bertz CT molecular complexity index is 672. The maximum Gasteiger partial charge on any atom is 0.256 e. The van der Waals surface area contributed by atoms with Gasteiger partial charge in [0.15, 0.2) is 0 Å². The van der Waals surface area contributed by atoms with Crippen LogP contribution in [0, 0.1) is 6.92 Å². The summed E-state index contributed by atoms with van der Waals surface area (Å²) in [4.78, 5) is 12.6. The molecule has 0 saturated carbocycles. The van der Waals surface area contributed by atoms with Gasteiger partial charge in [0.05, 0.1) is 13.2 Å². The third kappa shape index (κ3) is 3.00. The molecule has 0 fully saturated rings. The van der Waals surface area contributed by atoms with Gasteiger partial charge in [0.2, 0.25) is 0 Å². The van der Waals surface area contributed by atoms with Gasteiger partial charge >= 0.3 is 0 Å². The summed E-state index contributed by atoms with van der Waals surface area (Å²) in [6, 6.07) is 10.9. The van der Waals surface area contributed by atoms with E-state index in [1.807, 2.05) is 57.2 Å². The number of rotatable bonds is 4. The van der Waals surface area contributed by atoms with Crippen molar-refractivity contribution in [3.8, 4) is 5.75 Å². The molecular formula is C17H22N2O2.